The zero-order valence-corrected chi connectivity index (χ0v) is 17.1. The van der Waals surface area contributed by atoms with Gasteiger partial charge in [0.25, 0.3) is 0 Å². The third kappa shape index (κ3) is 4.57. The number of hydrogen-bond acceptors (Lipinski definition) is 5. The van der Waals surface area contributed by atoms with Gasteiger partial charge in [-0.3, -0.25) is 4.90 Å². The second kappa shape index (κ2) is 9.05. The van der Waals surface area contributed by atoms with Gasteiger partial charge in [0, 0.05) is 43.4 Å². The molecule has 0 radical (unpaired) electrons. The molecular weight excluding hydrogens is 362 g/mol. The molecule has 1 aliphatic rings. The molecule has 29 heavy (non-hydrogen) atoms. The maximum Gasteiger partial charge on any atom is 0.161 e. The lowest BCUT2D eigenvalue weighted by molar-refractivity contribution is 0.241. The lowest BCUT2D eigenvalue weighted by atomic mass is 10.1. The van der Waals surface area contributed by atoms with Gasteiger partial charge >= 0.3 is 0 Å². The number of hydrogen-bond donors (Lipinski definition) is 0. The molecule has 0 saturated carbocycles. The summed E-state index contributed by atoms with van der Waals surface area (Å²) in [4.78, 5) is 11.9. The van der Waals surface area contributed by atoms with E-state index in [2.05, 4.69) is 34.1 Å². The summed E-state index contributed by atoms with van der Waals surface area (Å²) >= 11 is 0. The topological polar surface area (TPSA) is 47.5 Å². The Bertz CT molecular complexity index is 960. The van der Waals surface area contributed by atoms with Gasteiger partial charge in [-0.25, -0.2) is 9.97 Å². The van der Waals surface area contributed by atoms with Gasteiger partial charge in [0.15, 0.2) is 17.3 Å². The number of benzene rings is 2. The molecule has 5 nitrogen and oxygen atoms in total. The van der Waals surface area contributed by atoms with Gasteiger partial charge in [-0.05, 0) is 31.5 Å². The van der Waals surface area contributed by atoms with Gasteiger partial charge in [0.2, 0.25) is 0 Å². The van der Waals surface area contributed by atoms with E-state index in [-0.39, 0.29) is 0 Å². The predicted octanol–water partition coefficient (Wildman–Crippen LogP) is 4.50. The molecule has 150 valence electrons. The number of nitrogens with zero attached hydrogens (tertiary/aromatic N) is 3. The highest BCUT2D eigenvalue weighted by Gasteiger charge is 2.19. The first-order chi connectivity index (χ1) is 14.3. The van der Waals surface area contributed by atoms with Crippen LogP contribution < -0.4 is 9.47 Å². The smallest absolute Gasteiger partial charge is 0.161 e. The van der Waals surface area contributed by atoms with Crippen molar-refractivity contribution < 1.29 is 9.47 Å². The van der Waals surface area contributed by atoms with E-state index in [9.17, 15) is 0 Å². The fraction of sp³-hybridized carbons (Fsp3) is 0.333. The van der Waals surface area contributed by atoms with E-state index in [1.54, 1.807) is 0 Å². The summed E-state index contributed by atoms with van der Waals surface area (Å²) in [6.45, 7) is 7.95. The molecule has 0 spiro atoms. The van der Waals surface area contributed by atoms with Crippen LogP contribution in [0, 0.1) is 0 Å². The van der Waals surface area contributed by atoms with E-state index in [0.717, 1.165) is 54.6 Å². The summed E-state index contributed by atoms with van der Waals surface area (Å²) in [6, 6.07) is 16.4. The summed E-state index contributed by atoms with van der Waals surface area (Å²) in [5, 5.41) is 0. The van der Waals surface area contributed by atoms with E-state index in [1.807, 2.05) is 44.3 Å². The average molecular weight is 389 g/mol. The van der Waals surface area contributed by atoms with Crippen LogP contribution in [0.5, 0.6) is 11.5 Å². The number of fused-ring (bicyclic) bond motifs is 1. The number of ether oxygens (including phenoxy) is 2. The monoisotopic (exact) mass is 389 g/mol. The molecule has 0 bridgehead atoms. The highest BCUT2D eigenvalue weighted by molar-refractivity contribution is 5.54. The molecular formula is C24H27N3O2. The van der Waals surface area contributed by atoms with Crippen LogP contribution in [0.25, 0.3) is 11.4 Å². The van der Waals surface area contributed by atoms with Crippen LogP contribution in [0.2, 0.25) is 0 Å². The fourth-order valence-corrected chi connectivity index (χ4v) is 3.69. The predicted molar refractivity (Wildman–Crippen MR) is 114 cm³/mol. The highest BCUT2D eigenvalue weighted by Crippen LogP contribution is 2.30. The standard InChI is InChI=1S/C24H27N3O2/c1-3-28-22-11-10-18(14-23(22)29-4-2)16-27-13-12-21-20(17-27)15-25-24(26-21)19-8-6-5-7-9-19/h5-11,14-15H,3-4,12-13,16-17H2,1-2H3. The minimum atomic E-state index is 0.627. The summed E-state index contributed by atoms with van der Waals surface area (Å²) < 4.78 is 11.4. The molecule has 1 aliphatic heterocycles. The molecule has 2 heterocycles. The van der Waals surface area contributed by atoms with Crippen LogP contribution >= 0.6 is 0 Å². The quantitative estimate of drug-likeness (QED) is 0.595. The van der Waals surface area contributed by atoms with Crippen LogP contribution in [-0.2, 0) is 19.5 Å². The molecule has 0 unspecified atom stereocenters. The average Bonchev–Trinajstić information content (AvgIpc) is 2.76. The van der Waals surface area contributed by atoms with Crippen molar-refractivity contribution in [1.29, 1.82) is 0 Å². The van der Waals surface area contributed by atoms with E-state index < -0.39 is 0 Å². The third-order valence-corrected chi connectivity index (χ3v) is 5.06. The van der Waals surface area contributed by atoms with E-state index in [0.29, 0.717) is 13.2 Å². The van der Waals surface area contributed by atoms with Gasteiger partial charge < -0.3 is 9.47 Å². The molecule has 0 saturated heterocycles. The summed E-state index contributed by atoms with van der Waals surface area (Å²) in [5.41, 5.74) is 4.67. The molecule has 0 aliphatic carbocycles. The van der Waals surface area contributed by atoms with Crippen LogP contribution in [-0.4, -0.2) is 34.6 Å². The van der Waals surface area contributed by atoms with Gasteiger partial charge in [-0.1, -0.05) is 36.4 Å². The SMILES string of the molecule is CCOc1ccc(CN2CCc3nc(-c4ccccc4)ncc3C2)cc1OCC. The first-order valence-electron chi connectivity index (χ1n) is 10.3. The molecule has 3 aromatic rings. The van der Waals surface area contributed by atoms with Crippen LogP contribution in [0.15, 0.2) is 54.7 Å². The van der Waals surface area contributed by atoms with Crippen molar-refractivity contribution in [1.82, 2.24) is 14.9 Å². The minimum absolute atomic E-state index is 0.627. The van der Waals surface area contributed by atoms with Crippen LogP contribution in [0.3, 0.4) is 0 Å². The molecule has 0 N–H and O–H groups in total. The fourth-order valence-electron chi connectivity index (χ4n) is 3.69. The zero-order valence-electron chi connectivity index (χ0n) is 17.1. The Morgan fingerprint density at radius 2 is 1.76 bits per heavy atom. The normalized spacial score (nSPS) is 13.7. The molecule has 2 aromatic carbocycles. The lowest BCUT2D eigenvalue weighted by Gasteiger charge is -2.28. The minimum Gasteiger partial charge on any atom is -0.490 e. The van der Waals surface area contributed by atoms with E-state index in [1.165, 1.54) is 11.1 Å². The molecule has 0 amide bonds. The zero-order chi connectivity index (χ0) is 20.1. The van der Waals surface area contributed by atoms with Crippen molar-refractivity contribution in [2.24, 2.45) is 0 Å². The van der Waals surface area contributed by atoms with Gasteiger partial charge in [-0.2, -0.15) is 0 Å². The Morgan fingerprint density at radius 3 is 2.55 bits per heavy atom. The second-order valence-corrected chi connectivity index (χ2v) is 7.14. The first-order valence-corrected chi connectivity index (χ1v) is 10.3. The van der Waals surface area contributed by atoms with Crippen LogP contribution in [0.4, 0.5) is 0 Å². The molecule has 4 rings (SSSR count). The lowest BCUT2D eigenvalue weighted by Crippen LogP contribution is -2.31. The molecule has 1 aromatic heterocycles. The van der Waals surface area contributed by atoms with Gasteiger partial charge in [0.05, 0.1) is 18.9 Å². The summed E-state index contributed by atoms with van der Waals surface area (Å²) in [6.07, 6.45) is 2.92. The largest absolute Gasteiger partial charge is 0.490 e. The number of aromatic nitrogens is 2. The molecule has 0 atom stereocenters. The van der Waals surface area contributed by atoms with Crippen molar-refractivity contribution in [3.05, 3.63) is 71.5 Å². The van der Waals surface area contributed by atoms with Crippen molar-refractivity contribution in [2.45, 2.75) is 33.4 Å². The number of rotatable bonds is 7. The first kappa shape index (κ1) is 19.4. The Labute approximate surface area is 172 Å². The maximum atomic E-state index is 5.77. The van der Waals surface area contributed by atoms with Crippen LogP contribution in [0.1, 0.15) is 30.7 Å². The van der Waals surface area contributed by atoms with Crippen molar-refractivity contribution in [2.75, 3.05) is 19.8 Å². The van der Waals surface area contributed by atoms with Gasteiger partial charge in [-0.15, -0.1) is 0 Å². The molecule has 0 fully saturated rings. The molecule has 5 heteroatoms. The summed E-state index contributed by atoms with van der Waals surface area (Å²) in [7, 11) is 0. The maximum absolute atomic E-state index is 5.77. The van der Waals surface area contributed by atoms with Gasteiger partial charge in [0.1, 0.15) is 0 Å². The van der Waals surface area contributed by atoms with Crippen molar-refractivity contribution >= 4 is 0 Å². The van der Waals surface area contributed by atoms with Crippen molar-refractivity contribution in [3.8, 4) is 22.9 Å². The highest BCUT2D eigenvalue weighted by atomic mass is 16.5. The summed E-state index contributed by atoms with van der Waals surface area (Å²) in [5.74, 6) is 2.44. The van der Waals surface area contributed by atoms with E-state index >= 15 is 0 Å². The van der Waals surface area contributed by atoms with Crippen molar-refractivity contribution in [3.63, 3.8) is 0 Å². The second-order valence-electron chi connectivity index (χ2n) is 7.14. The Kier molecular flexibility index (Phi) is 6.06. The third-order valence-electron chi connectivity index (χ3n) is 5.06. The Morgan fingerprint density at radius 1 is 0.966 bits per heavy atom. The Balaban J connectivity index is 1.47. The van der Waals surface area contributed by atoms with E-state index in [4.69, 9.17) is 14.5 Å². The Hall–Kier alpha value is -2.92.